The second kappa shape index (κ2) is 7.70. The van der Waals surface area contributed by atoms with Gasteiger partial charge in [-0.3, -0.25) is 4.79 Å². The molecule has 5 N–H and O–H groups in total. The van der Waals surface area contributed by atoms with E-state index in [2.05, 4.69) is 16.0 Å². The highest BCUT2D eigenvalue weighted by Gasteiger charge is 2.22. The fourth-order valence-electron chi connectivity index (χ4n) is 2.14. The van der Waals surface area contributed by atoms with Crippen molar-refractivity contribution in [3.8, 4) is 5.75 Å². The van der Waals surface area contributed by atoms with Crippen molar-refractivity contribution in [2.24, 2.45) is 5.73 Å². The molecule has 116 valence electrons. The maximum Gasteiger partial charge on any atom is 0.316 e. The molecule has 1 fully saturated rings. The van der Waals surface area contributed by atoms with Crippen LogP contribution < -0.4 is 26.4 Å². The van der Waals surface area contributed by atoms with Gasteiger partial charge in [0.25, 0.3) is 0 Å². The number of hydrogen-bond donors (Lipinski definition) is 4. The van der Waals surface area contributed by atoms with Crippen LogP contribution in [-0.2, 0) is 4.79 Å². The van der Waals surface area contributed by atoms with Gasteiger partial charge < -0.3 is 26.4 Å². The summed E-state index contributed by atoms with van der Waals surface area (Å²) in [7, 11) is 1.48. The minimum absolute atomic E-state index is 0. The number of carbonyl (C=O) groups is 2. The highest BCUT2D eigenvalue weighted by molar-refractivity contribution is 5.96. The number of primary amides is 1. The lowest BCUT2D eigenvalue weighted by Gasteiger charge is -2.14. The number of amides is 3. The minimum atomic E-state index is -0.671. The van der Waals surface area contributed by atoms with E-state index in [0.717, 1.165) is 19.4 Å². The molecule has 2 rings (SSSR count). The molecular weight excluding hydrogens is 296 g/mol. The molecular formula is C13H19ClN4O3. The smallest absolute Gasteiger partial charge is 0.316 e. The van der Waals surface area contributed by atoms with Crippen LogP contribution in [0, 0.1) is 0 Å². The number of ether oxygens (including phenoxy) is 1. The molecule has 1 atom stereocenters. The summed E-state index contributed by atoms with van der Waals surface area (Å²) in [6, 6.07) is 4.12. The van der Waals surface area contributed by atoms with Gasteiger partial charge in [0.05, 0.1) is 18.8 Å². The fraction of sp³-hybridized carbons (Fsp3) is 0.385. The van der Waals surface area contributed by atoms with Gasteiger partial charge in [-0.25, -0.2) is 4.79 Å². The Balaban J connectivity index is 0.00000220. The number of carbonyl (C=O) groups excluding carboxylic acids is 2. The summed E-state index contributed by atoms with van der Waals surface area (Å²) in [5, 5.41) is 8.39. The number of nitrogens with one attached hydrogen (secondary N) is 3. The lowest BCUT2D eigenvalue weighted by molar-refractivity contribution is -0.117. The standard InChI is InChI=1S/C13H18N4O3.ClH/c1-20-11-7-8(4-5-9(11)17-13(14)19)16-12(18)10-3-2-6-15-10;/h4-5,7,10,15H,2-3,6H2,1H3,(H,16,18)(H3,14,17,19);1H. The average molecular weight is 315 g/mol. The van der Waals surface area contributed by atoms with Crippen LogP contribution in [0.25, 0.3) is 0 Å². The fourth-order valence-corrected chi connectivity index (χ4v) is 2.14. The van der Waals surface area contributed by atoms with Crippen LogP contribution in [0.15, 0.2) is 18.2 Å². The zero-order valence-electron chi connectivity index (χ0n) is 11.6. The van der Waals surface area contributed by atoms with E-state index in [9.17, 15) is 9.59 Å². The van der Waals surface area contributed by atoms with Gasteiger partial charge in [0.15, 0.2) is 0 Å². The number of anilines is 2. The molecule has 1 aromatic carbocycles. The van der Waals surface area contributed by atoms with E-state index >= 15 is 0 Å². The third kappa shape index (κ3) is 4.51. The van der Waals surface area contributed by atoms with E-state index < -0.39 is 6.03 Å². The molecule has 1 heterocycles. The zero-order valence-corrected chi connectivity index (χ0v) is 12.5. The first-order valence-corrected chi connectivity index (χ1v) is 6.39. The minimum Gasteiger partial charge on any atom is -0.494 e. The predicted molar refractivity (Wildman–Crippen MR) is 83.1 cm³/mol. The molecule has 3 amide bonds. The molecule has 21 heavy (non-hydrogen) atoms. The Labute approximate surface area is 129 Å². The van der Waals surface area contributed by atoms with Crippen molar-refractivity contribution in [3.05, 3.63) is 18.2 Å². The molecule has 1 aliphatic rings. The SMILES string of the molecule is COc1cc(NC(=O)C2CCCN2)ccc1NC(N)=O.Cl. The summed E-state index contributed by atoms with van der Waals surface area (Å²) < 4.78 is 5.16. The van der Waals surface area contributed by atoms with Crippen molar-refractivity contribution in [1.82, 2.24) is 5.32 Å². The topological polar surface area (TPSA) is 105 Å². The number of methoxy groups -OCH3 is 1. The van der Waals surface area contributed by atoms with Gasteiger partial charge in [-0.2, -0.15) is 0 Å². The summed E-state index contributed by atoms with van der Waals surface area (Å²) in [5.41, 5.74) is 6.13. The van der Waals surface area contributed by atoms with Gasteiger partial charge in [-0.15, -0.1) is 12.4 Å². The molecule has 0 bridgehead atoms. The van der Waals surface area contributed by atoms with Crippen molar-refractivity contribution in [2.75, 3.05) is 24.3 Å². The summed E-state index contributed by atoms with van der Waals surface area (Å²) in [6.07, 6.45) is 1.84. The highest BCUT2D eigenvalue weighted by Crippen LogP contribution is 2.28. The monoisotopic (exact) mass is 314 g/mol. The van der Waals surface area contributed by atoms with Gasteiger partial charge >= 0.3 is 6.03 Å². The third-order valence-corrected chi connectivity index (χ3v) is 3.10. The van der Waals surface area contributed by atoms with Gasteiger partial charge in [-0.05, 0) is 31.5 Å². The number of nitrogens with two attached hydrogens (primary N) is 1. The molecule has 0 aromatic heterocycles. The molecule has 7 nitrogen and oxygen atoms in total. The van der Waals surface area contributed by atoms with E-state index in [0.29, 0.717) is 17.1 Å². The van der Waals surface area contributed by atoms with E-state index in [1.807, 2.05) is 0 Å². The Kier molecular flexibility index (Phi) is 6.26. The van der Waals surface area contributed by atoms with Crippen LogP contribution in [0.2, 0.25) is 0 Å². The van der Waals surface area contributed by atoms with Gasteiger partial charge in [0.2, 0.25) is 5.91 Å². The van der Waals surface area contributed by atoms with Crippen LogP contribution in [0.4, 0.5) is 16.2 Å². The van der Waals surface area contributed by atoms with E-state index in [1.165, 1.54) is 7.11 Å². The van der Waals surface area contributed by atoms with Crippen molar-refractivity contribution in [2.45, 2.75) is 18.9 Å². The molecule has 0 radical (unpaired) electrons. The Bertz CT molecular complexity index is 518. The van der Waals surface area contributed by atoms with Crippen molar-refractivity contribution in [3.63, 3.8) is 0 Å². The molecule has 1 aliphatic heterocycles. The predicted octanol–water partition coefficient (Wildman–Crippen LogP) is 1.30. The Morgan fingerprint density at radius 2 is 2.14 bits per heavy atom. The van der Waals surface area contributed by atoms with Crippen LogP contribution in [0.1, 0.15) is 12.8 Å². The van der Waals surface area contributed by atoms with Crippen LogP contribution in [0.5, 0.6) is 5.75 Å². The molecule has 1 saturated heterocycles. The zero-order chi connectivity index (χ0) is 14.5. The van der Waals surface area contributed by atoms with Crippen molar-refractivity contribution in [1.29, 1.82) is 0 Å². The second-order valence-corrected chi connectivity index (χ2v) is 4.54. The summed E-state index contributed by atoms with van der Waals surface area (Å²) >= 11 is 0. The lowest BCUT2D eigenvalue weighted by atomic mass is 10.2. The maximum atomic E-state index is 12.0. The molecule has 8 heteroatoms. The number of urea groups is 1. The summed E-state index contributed by atoms with van der Waals surface area (Å²) in [5.74, 6) is 0.362. The van der Waals surface area contributed by atoms with Gasteiger partial charge in [-0.1, -0.05) is 0 Å². The normalized spacial score (nSPS) is 16.7. The maximum absolute atomic E-state index is 12.0. The second-order valence-electron chi connectivity index (χ2n) is 4.54. The third-order valence-electron chi connectivity index (χ3n) is 3.10. The number of benzene rings is 1. The number of halogens is 1. The van der Waals surface area contributed by atoms with Gasteiger partial charge in [0.1, 0.15) is 5.75 Å². The first kappa shape index (κ1) is 17.1. The quantitative estimate of drug-likeness (QED) is 0.672. The van der Waals surface area contributed by atoms with Gasteiger partial charge in [0, 0.05) is 11.8 Å². The largest absolute Gasteiger partial charge is 0.494 e. The van der Waals surface area contributed by atoms with Crippen molar-refractivity contribution >= 4 is 35.7 Å². The molecule has 0 spiro atoms. The van der Waals surface area contributed by atoms with E-state index in [-0.39, 0.29) is 24.4 Å². The van der Waals surface area contributed by atoms with Crippen LogP contribution in [-0.4, -0.2) is 31.6 Å². The summed E-state index contributed by atoms with van der Waals surface area (Å²) in [6.45, 7) is 0.864. The molecule has 1 aromatic rings. The Hall–Kier alpha value is -1.99. The lowest BCUT2D eigenvalue weighted by Crippen LogP contribution is -2.35. The highest BCUT2D eigenvalue weighted by atomic mass is 35.5. The number of rotatable bonds is 4. The molecule has 1 unspecified atom stereocenters. The van der Waals surface area contributed by atoms with E-state index in [4.69, 9.17) is 10.5 Å². The molecule has 0 aliphatic carbocycles. The number of hydrogen-bond acceptors (Lipinski definition) is 4. The van der Waals surface area contributed by atoms with Crippen LogP contribution in [0.3, 0.4) is 0 Å². The Morgan fingerprint density at radius 3 is 2.71 bits per heavy atom. The first-order valence-electron chi connectivity index (χ1n) is 6.39. The molecule has 0 saturated carbocycles. The van der Waals surface area contributed by atoms with Crippen molar-refractivity contribution < 1.29 is 14.3 Å². The average Bonchev–Trinajstić information content (AvgIpc) is 2.94. The van der Waals surface area contributed by atoms with E-state index in [1.54, 1.807) is 18.2 Å². The summed E-state index contributed by atoms with van der Waals surface area (Å²) in [4.78, 5) is 22.8. The first-order chi connectivity index (χ1) is 9.60. The Morgan fingerprint density at radius 1 is 1.38 bits per heavy atom. The van der Waals surface area contributed by atoms with Crippen LogP contribution >= 0.6 is 12.4 Å².